The first-order valence-electron chi connectivity index (χ1n) is 6.37. The maximum atomic E-state index is 12.2. The molecule has 0 bridgehead atoms. The molecule has 1 aromatic rings. The first kappa shape index (κ1) is 11.2. The Balaban J connectivity index is 1.69. The van der Waals surface area contributed by atoms with Gasteiger partial charge in [-0.25, -0.2) is 0 Å². The molecule has 1 spiro atoms. The van der Waals surface area contributed by atoms with Gasteiger partial charge in [0.2, 0.25) is 5.91 Å². The summed E-state index contributed by atoms with van der Waals surface area (Å²) in [5.74, 6) is 0.175. The largest absolute Gasteiger partial charge is 0.325 e. The Bertz CT molecular complexity index is 528. The highest BCUT2D eigenvalue weighted by atomic mass is 16.1. The van der Waals surface area contributed by atoms with Gasteiger partial charge in [-0.2, -0.15) is 5.26 Å². The highest BCUT2D eigenvalue weighted by Crippen LogP contribution is 2.59. The average molecular weight is 241 g/mol. The zero-order chi connectivity index (χ0) is 12.6. The Morgan fingerprint density at radius 2 is 2.33 bits per heavy atom. The molecule has 1 amide bonds. The van der Waals surface area contributed by atoms with Crippen LogP contribution in [0.1, 0.15) is 37.7 Å². The number of hydrogen-bond acceptors (Lipinski definition) is 3. The smallest absolute Gasteiger partial charge is 0.227 e. The number of pyridine rings is 1. The van der Waals surface area contributed by atoms with Crippen molar-refractivity contribution in [2.75, 3.05) is 5.32 Å². The van der Waals surface area contributed by atoms with E-state index in [1.54, 1.807) is 12.3 Å². The summed E-state index contributed by atoms with van der Waals surface area (Å²) in [4.78, 5) is 16.0. The topological polar surface area (TPSA) is 65.8 Å². The molecule has 4 nitrogen and oxygen atoms in total. The lowest BCUT2D eigenvalue weighted by molar-refractivity contribution is -0.119. The molecule has 0 radical (unpaired) electrons. The summed E-state index contributed by atoms with van der Waals surface area (Å²) in [6.07, 6.45) is 8.84. The Kier molecular flexibility index (Phi) is 2.55. The van der Waals surface area contributed by atoms with Crippen molar-refractivity contribution in [2.24, 2.45) is 11.3 Å². The molecule has 1 atom stereocenters. The highest BCUT2D eigenvalue weighted by Gasteiger charge is 2.49. The number of nitrogens with zero attached hydrogens (tertiary/aromatic N) is 2. The standard InChI is InChI=1S/C14H15N3O/c15-8-11-9-16-6-2-12(11)17-13(18)10-1-3-14(7-10)4-5-14/h2,6,9-10H,1,3-5,7H2,(H,16,17,18). The van der Waals surface area contributed by atoms with E-state index < -0.39 is 0 Å². The maximum Gasteiger partial charge on any atom is 0.227 e. The number of carbonyl (C=O) groups excluding carboxylic acids is 1. The summed E-state index contributed by atoms with van der Waals surface area (Å²) in [5, 5.41) is 11.8. The van der Waals surface area contributed by atoms with E-state index in [0.29, 0.717) is 16.7 Å². The van der Waals surface area contributed by atoms with Crippen LogP contribution in [0.4, 0.5) is 5.69 Å². The predicted octanol–water partition coefficient (Wildman–Crippen LogP) is 2.47. The zero-order valence-electron chi connectivity index (χ0n) is 10.1. The summed E-state index contributed by atoms with van der Waals surface area (Å²) in [6, 6.07) is 3.72. The minimum atomic E-state index is 0.0569. The molecule has 18 heavy (non-hydrogen) atoms. The minimum absolute atomic E-state index is 0.0569. The van der Waals surface area contributed by atoms with Crippen LogP contribution in [-0.2, 0) is 4.79 Å². The summed E-state index contributed by atoms with van der Waals surface area (Å²) in [6.45, 7) is 0. The van der Waals surface area contributed by atoms with Crippen LogP contribution in [0.5, 0.6) is 0 Å². The van der Waals surface area contributed by atoms with Gasteiger partial charge in [0.25, 0.3) is 0 Å². The molecule has 4 heteroatoms. The fraction of sp³-hybridized carbons (Fsp3) is 0.500. The highest BCUT2D eigenvalue weighted by molar-refractivity contribution is 5.93. The van der Waals surface area contributed by atoms with Crippen LogP contribution in [0, 0.1) is 22.7 Å². The van der Waals surface area contributed by atoms with E-state index >= 15 is 0 Å². The molecule has 0 saturated heterocycles. The second-order valence-electron chi connectivity index (χ2n) is 5.46. The summed E-state index contributed by atoms with van der Waals surface area (Å²) in [5.41, 5.74) is 1.50. The summed E-state index contributed by atoms with van der Waals surface area (Å²) >= 11 is 0. The Morgan fingerprint density at radius 1 is 1.50 bits per heavy atom. The Morgan fingerprint density at radius 3 is 3.00 bits per heavy atom. The van der Waals surface area contributed by atoms with Crippen molar-refractivity contribution in [2.45, 2.75) is 32.1 Å². The molecule has 0 aliphatic heterocycles. The summed E-state index contributed by atoms with van der Waals surface area (Å²) < 4.78 is 0. The van der Waals surface area contributed by atoms with Gasteiger partial charge < -0.3 is 5.32 Å². The van der Waals surface area contributed by atoms with E-state index in [1.807, 2.05) is 6.07 Å². The second kappa shape index (κ2) is 4.09. The number of aromatic nitrogens is 1. The van der Waals surface area contributed by atoms with Crippen molar-refractivity contribution >= 4 is 11.6 Å². The molecule has 0 aromatic carbocycles. The second-order valence-corrected chi connectivity index (χ2v) is 5.46. The third kappa shape index (κ3) is 1.97. The van der Waals surface area contributed by atoms with Gasteiger partial charge in [0.05, 0.1) is 11.3 Å². The molecule has 2 saturated carbocycles. The molecular weight excluding hydrogens is 226 g/mol. The maximum absolute atomic E-state index is 12.2. The molecular formula is C14H15N3O. The molecule has 1 unspecified atom stereocenters. The number of hydrogen-bond donors (Lipinski definition) is 1. The number of nitriles is 1. The molecule has 1 heterocycles. The van der Waals surface area contributed by atoms with Gasteiger partial charge in [0.15, 0.2) is 0 Å². The molecule has 1 N–H and O–H groups in total. The number of amides is 1. The SMILES string of the molecule is N#Cc1cnccc1NC(=O)C1CCC2(CC2)C1. The Hall–Kier alpha value is -1.89. The van der Waals surface area contributed by atoms with Crippen molar-refractivity contribution in [3.05, 3.63) is 24.0 Å². The quantitative estimate of drug-likeness (QED) is 0.865. The molecule has 1 aromatic heterocycles. The number of rotatable bonds is 2. The molecule has 2 fully saturated rings. The predicted molar refractivity (Wildman–Crippen MR) is 66.6 cm³/mol. The van der Waals surface area contributed by atoms with E-state index in [2.05, 4.69) is 10.3 Å². The number of carbonyl (C=O) groups is 1. The van der Waals surface area contributed by atoms with Gasteiger partial charge in [0, 0.05) is 18.3 Å². The van der Waals surface area contributed by atoms with Crippen LogP contribution in [0.25, 0.3) is 0 Å². The first-order chi connectivity index (χ1) is 8.72. The van der Waals surface area contributed by atoms with Crippen LogP contribution in [0.3, 0.4) is 0 Å². The fourth-order valence-corrected chi connectivity index (χ4v) is 2.89. The van der Waals surface area contributed by atoms with E-state index in [0.717, 1.165) is 12.8 Å². The van der Waals surface area contributed by atoms with Crippen molar-refractivity contribution in [3.63, 3.8) is 0 Å². The lowest BCUT2D eigenvalue weighted by atomic mass is 10.0. The minimum Gasteiger partial charge on any atom is -0.325 e. The van der Waals surface area contributed by atoms with Gasteiger partial charge in [-0.05, 0) is 43.6 Å². The van der Waals surface area contributed by atoms with Gasteiger partial charge >= 0.3 is 0 Å². The fourth-order valence-electron chi connectivity index (χ4n) is 2.89. The van der Waals surface area contributed by atoms with Crippen LogP contribution in [0.15, 0.2) is 18.5 Å². The van der Waals surface area contributed by atoms with E-state index in [-0.39, 0.29) is 11.8 Å². The monoisotopic (exact) mass is 241 g/mol. The van der Waals surface area contributed by atoms with Gasteiger partial charge in [-0.3, -0.25) is 9.78 Å². The molecule has 3 rings (SSSR count). The molecule has 92 valence electrons. The van der Waals surface area contributed by atoms with E-state index in [1.165, 1.54) is 25.5 Å². The van der Waals surface area contributed by atoms with Crippen molar-refractivity contribution in [1.29, 1.82) is 5.26 Å². The van der Waals surface area contributed by atoms with Gasteiger partial charge in [-0.1, -0.05) is 0 Å². The van der Waals surface area contributed by atoms with E-state index in [4.69, 9.17) is 5.26 Å². The van der Waals surface area contributed by atoms with Crippen LogP contribution in [0.2, 0.25) is 0 Å². The first-order valence-corrected chi connectivity index (χ1v) is 6.37. The van der Waals surface area contributed by atoms with Gasteiger partial charge in [-0.15, -0.1) is 0 Å². The zero-order valence-corrected chi connectivity index (χ0v) is 10.1. The lowest BCUT2D eigenvalue weighted by Gasteiger charge is -2.11. The number of nitrogens with one attached hydrogen (secondary N) is 1. The van der Waals surface area contributed by atoms with Crippen LogP contribution in [-0.4, -0.2) is 10.9 Å². The lowest BCUT2D eigenvalue weighted by Crippen LogP contribution is -2.21. The normalized spacial score (nSPS) is 23.6. The average Bonchev–Trinajstić information content (AvgIpc) is 3.00. The Labute approximate surface area is 106 Å². The summed E-state index contributed by atoms with van der Waals surface area (Å²) in [7, 11) is 0. The third-order valence-corrected chi connectivity index (χ3v) is 4.23. The van der Waals surface area contributed by atoms with E-state index in [9.17, 15) is 4.79 Å². The van der Waals surface area contributed by atoms with Crippen molar-refractivity contribution in [1.82, 2.24) is 4.98 Å². The van der Waals surface area contributed by atoms with Gasteiger partial charge in [0.1, 0.15) is 6.07 Å². The molecule has 2 aliphatic carbocycles. The molecule has 2 aliphatic rings. The van der Waals surface area contributed by atoms with Crippen LogP contribution < -0.4 is 5.32 Å². The van der Waals surface area contributed by atoms with Crippen molar-refractivity contribution in [3.8, 4) is 6.07 Å². The van der Waals surface area contributed by atoms with Crippen molar-refractivity contribution < 1.29 is 4.79 Å². The van der Waals surface area contributed by atoms with Crippen LogP contribution >= 0.6 is 0 Å². The number of anilines is 1. The third-order valence-electron chi connectivity index (χ3n) is 4.23.